The summed E-state index contributed by atoms with van der Waals surface area (Å²) in [6, 6.07) is 0. The standard InChI is InChI=1S/C10H20O/c1-7-8(2)10(5,6)11-9(7,3)4/h7-8H,1-6H3. The predicted molar refractivity (Wildman–Crippen MR) is 47.6 cm³/mol. The summed E-state index contributed by atoms with van der Waals surface area (Å²) in [5.41, 5.74) is 0.117. The van der Waals surface area contributed by atoms with Crippen molar-refractivity contribution in [1.29, 1.82) is 0 Å². The van der Waals surface area contributed by atoms with E-state index in [0.717, 1.165) is 0 Å². The smallest absolute Gasteiger partial charge is 0.0662 e. The summed E-state index contributed by atoms with van der Waals surface area (Å²) < 4.78 is 5.96. The summed E-state index contributed by atoms with van der Waals surface area (Å²) in [5.74, 6) is 1.30. The lowest BCUT2D eigenvalue weighted by atomic mass is 9.80. The number of rotatable bonds is 0. The molecule has 11 heavy (non-hydrogen) atoms. The molecule has 0 saturated carbocycles. The molecular formula is C10H20O. The molecule has 1 aliphatic rings. The lowest BCUT2D eigenvalue weighted by molar-refractivity contribution is -0.0786. The van der Waals surface area contributed by atoms with Crippen molar-refractivity contribution in [3.63, 3.8) is 0 Å². The fraction of sp³-hybridized carbons (Fsp3) is 1.00. The fourth-order valence-corrected chi connectivity index (χ4v) is 2.07. The number of hydrogen-bond donors (Lipinski definition) is 0. The lowest BCUT2D eigenvalue weighted by Crippen LogP contribution is -2.28. The van der Waals surface area contributed by atoms with Crippen molar-refractivity contribution in [2.75, 3.05) is 0 Å². The largest absolute Gasteiger partial charge is 0.369 e. The Morgan fingerprint density at radius 2 is 1.09 bits per heavy atom. The molecule has 1 aliphatic heterocycles. The van der Waals surface area contributed by atoms with Crippen LogP contribution in [0.3, 0.4) is 0 Å². The molecule has 0 aromatic carbocycles. The van der Waals surface area contributed by atoms with E-state index in [-0.39, 0.29) is 11.2 Å². The molecule has 0 bridgehead atoms. The molecule has 0 N–H and O–H groups in total. The quantitative estimate of drug-likeness (QED) is 0.524. The van der Waals surface area contributed by atoms with E-state index >= 15 is 0 Å². The van der Waals surface area contributed by atoms with Crippen LogP contribution in [0.1, 0.15) is 41.5 Å². The Morgan fingerprint density at radius 1 is 0.818 bits per heavy atom. The second-order valence-corrected chi connectivity index (χ2v) is 4.89. The zero-order valence-electron chi connectivity index (χ0n) is 8.56. The van der Waals surface area contributed by atoms with Crippen LogP contribution >= 0.6 is 0 Å². The van der Waals surface area contributed by atoms with Crippen molar-refractivity contribution in [3.05, 3.63) is 0 Å². The van der Waals surface area contributed by atoms with E-state index in [0.29, 0.717) is 11.8 Å². The van der Waals surface area contributed by atoms with E-state index in [4.69, 9.17) is 4.74 Å². The van der Waals surface area contributed by atoms with E-state index in [9.17, 15) is 0 Å². The van der Waals surface area contributed by atoms with Gasteiger partial charge < -0.3 is 4.74 Å². The van der Waals surface area contributed by atoms with Gasteiger partial charge in [0.05, 0.1) is 11.2 Å². The van der Waals surface area contributed by atoms with Crippen molar-refractivity contribution in [2.24, 2.45) is 11.8 Å². The van der Waals surface area contributed by atoms with E-state index in [1.165, 1.54) is 0 Å². The van der Waals surface area contributed by atoms with E-state index < -0.39 is 0 Å². The van der Waals surface area contributed by atoms with Crippen LogP contribution in [0.5, 0.6) is 0 Å². The number of hydrogen-bond acceptors (Lipinski definition) is 1. The molecule has 1 nitrogen and oxygen atoms in total. The van der Waals surface area contributed by atoms with Crippen LogP contribution < -0.4 is 0 Å². The van der Waals surface area contributed by atoms with E-state index in [2.05, 4.69) is 41.5 Å². The maximum Gasteiger partial charge on any atom is 0.0662 e. The third-order valence-corrected chi connectivity index (χ3v) is 3.47. The van der Waals surface area contributed by atoms with Crippen LogP contribution in [0.2, 0.25) is 0 Å². The van der Waals surface area contributed by atoms with Crippen molar-refractivity contribution in [1.82, 2.24) is 0 Å². The monoisotopic (exact) mass is 156 g/mol. The Morgan fingerprint density at radius 3 is 1.18 bits per heavy atom. The van der Waals surface area contributed by atoms with Gasteiger partial charge in [0.25, 0.3) is 0 Å². The molecule has 1 rings (SSSR count). The van der Waals surface area contributed by atoms with Gasteiger partial charge in [-0.25, -0.2) is 0 Å². The molecule has 2 unspecified atom stereocenters. The Kier molecular flexibility index (Phi) is 1.83. The molecule has 0 radical (unpaired) electrons. The van der Waals surface area contributed by atoms with Crippen molar-refractivity contribution in [2.45, 2.75) is 52.7 Å². The van der Waals surface area contributed by atoms with Gasteiger partial charge in [-0.05, 0) is 39.5 Å². The van der Waals surface area contributed by atoms with E-state index in [1.54, 1.807) is 0 Å². The summed E-state index contributed by atoms with van der Waals surface area (Å²) in [6.07, 6.45) is 0. The third-order valence-electron chi connectivity index (χ3n) is 3.47. The first-order valence-electron chi connectivity index (χ1n) is 4.47. The Bertz CT molecular complexity index is 140. The average Bonchev–Trinajstić information content (AvgIpc) is 1.91. The highest BCUT2D eigenvalue weighted by Crippen LogP contribution is 2.45. The van der Waals surface area contributed by atoms with Gasteiger partial charge in [-0.1, -0.05) is 13.8 Å². The number of ether oxygens (including phenoxy) is 1. The van der Waals surface area contributed by atoms with Gasteiger partial charge in [0, 0.05) is 0 Å². The molecule has 2 atom stereocenters. The maximum absolute atomic E-state index is 5.96. The van der Waals surface area contributed by atoms with Crippen LogP contribution in [-0.4, -0.2) is 11.2 Å². The minimum atomic E-state index is 0.0584. The normalized spacial score (nSPS) is 40.9. The highest BCUT2D eigenvalue weighted by Gasteiger charge is 2.48. The van der Waals surface area contributed by atoms with Gasteiger partial charge in [0.2, 0.25) is 0 Å². The van der Waals surface area contributed by atoms with Crippen LogP contribution in [0, 0.1) is 11.8 Å². The molecule has 1 fully saturated rings. The zero-order valence-corrected chi connectivity index (χ0v) is 8.56. The Labute approximate surface area is 70.1 Å². The summed E-state index contributed by atoms with van der Waals surface area (Å²) in [5, 5.41) is 0. The average molecular weight is 156 g/mol. The fourth-order valence-electron chi connectivity index (χ4n) is 2.07. The maximum atomic E-state index is 5.96. The first-order valence-corrected chi connectivity index (χ1v) is 4.47. The van der Waals surface area contributed by atoms with Gasteiger partial charge in [-0.2, -0.15) is 0 Å². The topological polar surface area (TPSA) is 9.23 Å². The van der Waals surface area contributed by atoms with Gasteiger partial charge in [-0.3, -0.25) is 0 Å². The van der Waals surface area contributed by atoms with E-state index in [1.807, 2.05) is 0 Å². The molecule has 0 aromatic heterocycles. The van der Waals surface area contributed by atoms with Crippen molar-refractivity contribution >= 4 is 0 Å². The Balaban J connectivity index is 2.86. The Hall–Kier alpha value is -0.0400. The first-order chi connectivity index (χ1) is 4.77. The molecule has 1 heterocycles. The first kappa shape index (κ1) is 9.05. The SMILES string of the molecule is CC1C(C)C(C)(C)OC1(C)C. The van der Waals surface area contributed by atoms with Gasteiger partial charge in [0.15, 0.2) is 0 Å². The lowest BCUT2D eigenvalue weighted by Gasteiger charge is -2.25. The van der Waals surface area contributed by atoms with Crippen molar-refractivity contribution < 1.29 is 4.74 Å². The summed E-state index contributed by atoms with van der Waals surface area (Å²) in [7, 11) is 0. The highest BCUT2D eigenvalue weighted by atomic mass is 16.5. The highest BCUT2D eigenvalue weighted by molar-refractivity contribution is 4.96. The van der Waals surface area contributed by atoms with Gasteiger partial charge >= 0.3 is 0 Å². The second kappa shape index (κ2) is 2.22. The molecule has 0 spiro atoms. The van der Waals surface area contributed by atoms with Crippen molar-refractivity contribution in [3.8, 4) is 0 Å². The molecule has 0 aliphatic carbocycles. The van der Waals surface area contributed by atoms with Crippen LogP contribution in [0.4, 0.5) is 0 Å². The minimum absolute atomic E-state index is 0.0584. The molecule has 0 amide bonds. The minimum Gasteiger partial charge on any atom is -0.369 e. The molecular weight excluding hydrogens is 136 g/mol. The zero-order chi connectivity index (χ0) is 8.86. The van der Waals surface area contributed by atoms with Gasteiger partial charge in [-0.15, -0.1) is 0 Å². The second-order valence-electron chi connectivity index (χ2n) is 4.89. The molecule has 0 aromatic rings. The molecule has 66 valence electrons. The summed E-state index contributed by atoms with van der Waals surface area (Å²) >= 11 is 0. The third kappa shape index (κ3) is 1.31. The van der Waals surface area contributed by atoms with Crippen LogP contribution in [0.15, 0.2) is 0 Å². The summed E-state index contributed by atoms with van der Waals surface area (Å²) in [4.78, 5) is 0. The molecule has 1 heteroatoms. The summed E-state index contributed by atoms with van der Waals surface area (Å²) in [6.45, 7) is 13.3. The van der Waals surface area contributed by atoms with Crippen LogP contribution in [-0.2, 0) is 4.74 Å². The molecule has 1 saturated heterocycles. The van der Waals surface area contributed by atoms with Crippen LogP contribution in [0.25, 0.3) is 0 Å². The van der Waals surface area contributed by atoms with Gasteiger partial charge in [0.1, 0.15) is 0 Å². The predicted octanol–water partition coefficient (Wildman–Crippen LogP) is 2.85.